The lowest BCUT2D eigenvalue weighted by atomic mass is 10.2. The first-order valence-electron chi connectivity index (χ1n) is 7.30. The number of halogens is 1. The maximum absolute atomic E-state index is 11.8. The fourth-order valence-electron chi connectivity index (χ4n) is 2.52. The van der Waals surface area contributed by atoms with E-state index in [1.54, 1.807) is 24.5 Å². The fraction of sp³-hybridized carbons (Fsp3) is 0.312. The highest BCUT2D eigenvalue weighted by atomic mass is 35.5. The molecule has 23 heavy (non-hydrogen) atoms. The van der Waals surface area contributed by atoms with Gasteiger partial charge in [-0.15, -0.1) is 11.6 Å². The Balaban J connectivity index is 2.06. The number of benzene rings is 1. The minimum absolute atomic E-state index is 0.288. The quantitative estimate of drug-likeness (QED) is 0.532. The summed E-state index contributed by atoms with van der Waals surface area (Å²) >= 11 is 6.03. The van der Waals surface area contributed by atoms with Gasteiger partial charge in [-0.3, -0.25) is 0 Å². The number of aryl methyl sites for hydroxylation is 1. The molecule has 3 rings (SSSR count). The molecule has 120 valence electrons. The Kier molecular flexibility index (Phi) is 4.34. The molecule has 0 N–H and O–H groups in total. The second-order valence-electron chi connectivity index (χ2n) is 5.14. The number of nitrogens with zero attached hydrogens (tertiary/aromatic N) is 4. The Hall–Kier alpha value is -2.34. The molecular weight excluding hydrogens is 316 g/mol. The minimum atomic E-state index is -0.373. The molecule has 0 spiro atoms. The summed E-state index contributed by atoms with van der Waals surface area (Å²) in [5, 5.41) is 0. The summed E-state index contributed by atoms with van der Waals surface area (Å²) < 4.78 is 8.78. The highest BCUT2D eigenvalue weighted by Crippen LogP contribution is 2.21. The molecule has 1 aromatic carbocycles. The molecule has 0 amide bonds. The summed E-state index contributed by atoms with van der Waals surface area (Å²) in [7, 11) is 1.37. The second kappa shape index (κ2) is 6.42. The van der Waals surface area contributed by atoms with Gasteiger partial charge in [-0.25, -0.2) is 14.8 Å². The van der Waals surface area contributed by atoms with Crippen LogP contribution in [0.4, 0.5) is 0 Å². The van der Waals surface area contributed by atoms with Crippen molar-refractivity contribution < 1.29 is 9.53 Å². The zero-order valence-electron chi connectivity index (χ0n) is 13.0. The van der Waals surface area contributed by atoms with Crippen molar-refractivity contribution in [3.05, 3.63) is 47.8 Å². The van der Waals surface area contributed by atoms with E-state index in [2.05, 4.69) is 16.9 Å². The third kappa shape index (κ3) is 2.94. The van der Waals surface area contributed by atoms with Crippen LogP contribution in [0, 0.1) is 0 Å². The van der Waals surface area contributed by atoms with E-state index in [1.165, 1.54) is 7.11 Å². The van der Waals surface area contributed by atoms with Gasteiger partial charge in [-0.2, -0.15) is 0 Å². The summed E-state index contributed by atoms with van der Waals surface area (Å²) in [6, 6.07) is 5.29. The maximum Gasteiger partial charge on any atom is 0.337 e. The van der Waals surface area contributed by atoms with E-state index < -0.39 is 0 Å². The monoisotopic (exact) mass is 332 g/mol. The Morgan fingerprint density at radius 2 is 2.22 bits per heavy atom. The number of hydrogen-bond donors (Lipinski definition) is 0. The lowest BCUT2D eigenvalue weighted by Gasteiger charge is -2.06. The molecule has 0 atom stereocenters. The zero-order valence-corrected chi connectivity index (χ0v) is 13.7. The fourth-order valence-corrected chi connectivity index (χ4v) is 2.72. The molecule has 0 aliphatic carbocycles. The van der Waals surface area contributed by atoms with Crippen LogP contribution in [0.15, 0.2) is 30.7 Å². The summed E-state index contributed by atoms with van der Waals surface area (Å²) in [5.41, 5.74) is 3.04. The number of hydrogen-bond acceptors (Lipinski definition) is 4. The van der Waals surface area contributed by atoms with Crippen molar-refractivity contribution in [3.63, 3.8) is 0 Å². The van der Waals surface area contributed by atoms with Crippen molar-refractivity contribution in [3.8, 4) is 0 Å². The third-order valence-corrected chi connectivity index (χ3v) is 3.98. The zero-order chi connectivity index (χ0) is 16.4. The van der Waals surface area contributed by atoms with Crippen LogP contribution in [0.25, 0.3) is 11.0 Å². The molecule has 7 heteroatoms. The molecule has 2 heterocycles. The number of fused-ring (bicyclic) bond motifs is 1. The number of alkyl halides is 1. The lowest BCUT2D eigenvalue weighted by molar-refractivity contribution is 0.0601. The smallest absolute Gasteiger partial charge is 0.337 e. The number of aromatic nitrogens is 4. The summed E-state index contributed by atoms with van der Waals surface area (Å²) in [6.07, 6.45) is 3.79. The Bertz CT molecular complexity index is 853. The lowest BCUT2D eigenvalue weighted by Crippen LogP contribution is -2.05. The second-order valence-corrected chi connectivity index (χ2v) is 5.41. The van der Waals surface area contributed by atoms with Gasteiger partial charge >= 0.3 is 5.97 Å². The molecule has 0 aliphatic rings. The van der Waals surface area contributed by atoms with Crippen LogP contribution in [0.5, 0.6) is 0 Å². The maximum atomic E-state index is 11.8. The number of rotatable bonds is 5. The van der Waals surface area contributed by atoms with E-state index in [0.29, 0.717) is 12.1 Å². The Morgan fingerprint density at radius 1 is 1.39 bits per heavy atom. The Morgan fingerprint density at radius 3 is 2.87 bits per heavy atom. The van der Waals surface area contributed by atoms with Gasteiger partial charge in [0.05, 0.1) is 48.2 Å². The number of ether oxygens (including phenoxy) is 1. The third-order valence-electron chi connectivity index (χ3n) is 3.74. The molecule has 0 unspecified atom stereocenters. The predicted molar refractivity (Wildman–Crippen MR) is 87.6 cm³/mol. The molecule has 6 nitrogen and oxygen atoms in total. The predicted octanol–water partition coefficient (Wildman–Crippen LogP) is 2.83. The van der Waals surface area contributed by atoms with Crippen molar-refractivity contribution >= 4 is 28.6 Å². The minimum Gasteiger partial charge on any atom is -0.465 e. The van der Waals surface area contributed by atoms with Crippen LogP contribution in [0.1, 0.15) is 28.8 Å². The van der Waals surface area contributed by atoms with Crippen LogP contribution < -0.4 is 0 Å². The number of carbonyl (C=O) groups excluding carboxylic acids is 1. The van der Waals surface area contributed by atoms with Crippen molar-refractivity contribution in [2.24, 2.45) is 0 Å². The van der Waals surface area contributed by atoms with E-state index in [1.807, 2.05) is 15.3 Å². The highest BCUT2D eigenvalue weighted by Gasteiger charge is 2.14. The first-order chi connectivity index (χ1) is 11.2. The van der Waals surface area contributed by atoms with Gasteiger partial charge in [0.25, 0.3) is 0 Å². The van der Waals surface area contributed by atoms with Gasteiger partial charge in [0, 0.05) is 12.7 Å². The van der Waals surface area contributed by atoms with Crippen LogP contribution in [0.3, 0.4) is 0 Å². The van der Waals surface area contributed by atoms with Crippen molar-refractivity contribution in [2.75, 3.05) is 7.11 Å². The van der Waals surface area contributed by atoms with Gasteiger partial charge < -0.3 is 13.9 Å². The van der Waals surface area contributed by atoms with Gasteiger partial charge in [-0.1, -0.05) is 0 Å². The Labute approximate surface area is 138 Å². The number of esters is 1. The van der Waals surface area contributed by atoms with Crippen LogP contribution >= 0.6 is 11.6 Å². The van der Waals surface area contributed by atoms with E-state index in [9.17, 15) is 4.79 Å². The van der Waals surface area contributed by atoms with Gasteiger partial charge in [0.1, 0.15) is 5.82 Å². The van der Waals surface area contributed by atoms with Gasteiger partial charge in [0.15, 0.2) is 0 Å². The number of methoxy groups -OCH3 is 1. The largest absolute Gasteiger partial charge is 0.465 e. The normalized spacial score (nSPS) is 11.1. The molecule has 3 aromatic rings. The molecule has 0 bridgehead atoms. The van der Waals surface area contributed by atoms with Gasteiger partial charge in [0.2, 0.25) is 0 Å². The SMILES string of the molecule is CCn1cnc(Cn2c(CCl)nc3ccc(C(=O)OC)cc32)c1. The van der Waals surface area contributed by atoms with Crippen molar-refractivity contribution in [1.29, 1.82) is 0 Å². The van der Waals surface area contributed by atoms with E-state index in [4.69, 9.17) is 16.3 Å². The first kappa shape index (κ1) is 15.6. The number of carbonyl (C=O) groups is 1. The van der Waals surface area contributed by atoms with Crippen molar-refractivity contribution in [2.45, 2.75) is 25.9 Å². The molecule has 0 aliphatic heterocycles. The van der Waals surface area contributed by atoms with Crippen LogP contribution in [-0.4, -0.2) is 32.2 Å². The summed E-state index contributed by atoms with van der Waals surface area (Å²) in [5.74, 6) is 0.661. The van der Waals surface area contributed by atoms with Crippen molar-refractivity contribution in [1.82, 2.24) is 19.1 Å². The van der Waals surface area contributed by atoms with Crippen LogP contribution in [-0.2, 0) is 23.7 Å². The standard InChI is InChI=1S/C16H17ClN4O2/c1-3-20-8-12(18-10-20)9-21-14-6-11(16(22)23-2)4-5-13(14)19-15(21)7-17/h4-6,8,10H,3,7,9H2,1-2H3. The molecule has 0 radical (unpaired) electrons. The molecule has 0 fully saturated rings. The molecule has 0 saturated carbocycles. The van der Waals surface area contributed by atoms with E-state index in [0.717, 1.165) is 29.1 Å². The average molecular weight is 333 g/mol. The molecule has 2 aromatic heterocycles. The van der Waals surface area contributed by atoms with Gasteiger partial charge in [-0.05, 0) is 25.1 Å². The number of imidazole rings is 2. The average Bonchev–Trinajstić information content (AvgIpc) is 3.18. The van der Waals surface area contributed by atoms with E-state index >= 15 is 0 Å². The molecular formula is C16H17ClN4O2. The topological polar surface area (TPSA) is 61.9 Å². The first-order valence-corrected chi connectivity index (χ1v) is 7.83. The van der Waals surface area contributed by atoms with E-state index in [-0.39, 0.29) is 11.8 Å². The highest BCUT2D eigenvalue weighted by molar-refractivity contribution is 6.16. The summed E-state index contributed by atoms with van der Waals surface area (Å²) in [6.45, 7) is 3.48. The van der Waals surface area contributed by atoms with Crippen LogP contribution in [0.2, 0.25) is 0 Å². The molecule has 0 saturated heterocycles. The summed E-state index contributed by atoms with van der Waals surface area (Å²) in [4.78, 5) is 20.7.